The second kappa shape index (κ2) is 7.68. The predicted molar refractivity (Wildman–Crippen MR) is 81.9 cm³/mol. The normalized spacial score (nSPS) is 11.5. The van der Waals surface area contributed by atoms with Gasteiger partial charge in [-0.1, -0.05) is 11.6 Å². The molecular weight excluding hydrogens is 328 g/mol. The summed E-state index contributed by atoms with van der Waals surface area (Å²) < 4.78 is 10.2. The fourth-order valence-corrected chi connectivity index (χ4v) is 1.94. The van der Waals surface area contributed by atoms with Gasteiger partial charge in [-0.15, -0.1) is 0 Å². The highest BCUT2D eigenvalue weighted by Crippen LogP contribution is 2.36. The van der Waals surface area contributed by atoms with Crippen LogP contribution in [0.25, 0.3) is 0 Å². The molecule has 0 fully saturated rings. The van der Waals surface area contributed by atoms with Gasteiger partial charge in [-0.2, -0.15) is 0 Å². The Morgan fingerprint density at radius 1 is 1.39 bits per heavy atom. The summed E-state index contributed by atoms with van der Waals surface area (Å²) in [5, 5.41) is 8.99. The molecule has 0 saturated carbocycles. The molecule has 1 rings (SSSR count). The van der Waals surface area contributed by atoms with Gasteiger partial charge >= 0.3 is 5.97 Å². The molecule has 0 radical (unpaired) electrons. The first-order chi connectivity index (χ1) is 10.7. The average Bonchev–Trinajstić information content (AvgIpc) is 2.50. The van der Waals surface area contributed by atoms with Crippen LogP contribution in [0.1, 0.15) is 17.3 Å². The van der Waals surface area contributed by atoms with E-state index in [9.17, 15) is 14.4 Å². The van der Waals surface area contributed by atoms with Crippen molar-refractivity contribution in [2.45, 2.75) is 13.0 Å². The maximum Gasteiger partial charge on any atom is 0.326 e. The number of benzene rings is 1. The van der Waals surface area contributed by atoms with Gasteiger partial charge in [0.2, 0.25) is 0 Å². The number of carbonyl (C=O) groups excluding carboxylic acids is 2. The summed E-state index contributed by atoms with van der Waals surface area (Å²) in [7, 11) is 2.69. The van der Waals surface area contributed by atoms with E-state index in [1.807, 2.05) is 0 Å². The highest BCUT2D eigenvalue weighted by molar-refractivity contribution is 6.32. The van der Waals surface area contributed by atoms with Gasteiger partial charge in [-0.3, -0.25) is 9.59 Å². The Hall–Kier alpha value is -2.48. The van der Waals surface area contributed by atoms with Gasteiger partial charge < -0.3 is 25.2 Å². The minimum Gasteiger partial charge on any atom is -0.493 e. The summed E-state index contributed by atoms with van der Waals surface area (Å²) in [6.45, 7) is 0.975. The van der Waals surface area contributed by atoms with E-state index in [0.717, 1.165) is 4.90 Å². The van der Waals surface area contributed by atoms with Gasteiger partial charge in [0.15, 0.2) is 18.1 Å². The number of methoxy groups -OCH3 is 1. The van der Waals surface area contributed by atoms with Crippen LogP contribution >= 0.6 is 11.6 Å². The Balaban J connectivity index is 3.15. The summed E-state index contributed by atoms with van der Waals surface area (Å²) in [5.41, 5.74) is 5.12. The molecule has 0 heterocycles. The molecule has 0 aromatic heterocycles. The number of halogens is 1. The van der Waals surface area contributed by atoms with E-state index >= 15 is 0 Å². The Kier molecular flexibility index (Phi) is 6.20. The summed E-state index contributed by atoms with van der Waals surface area (Å²) in [6.07, 6.45) is 0. The van der Waals surface area contributed by atoms with Crippen molar-refractivity contribution in [1.82, 2.24) is 4.90 Å². The zero-order valence-electron chi connectivity index (χ0n) is 12.8. The van der Waals surface area contributed by atoms with Gasteiger partial charge in [0.1, 0.15) is 6.04 Å². The lowest BCUT2D eigenvalue weighted by Crippen LogP contribution is -2.40. The number of ether oxygens (including phenoxy) is 2. The number of carboxylic acids is 1. The predicted octanol–water partition coefficient (Wildman–Crippen LogP) is 0.758. The van der Waals surface area contributed by atoms with Crippen LogP contribution in [0.3, 0.4) is 0 Å². The standard InChI is InChI=1S/C14H17ClN2O6/c1-7(14(20)21)17(2)13(19)8-4-9(15)12(10(5-8)22-3)23-6-11(16)18/h4-5,7H,6H2,1-3H3,(H2,16,18)(H,20,21). The van der Waals surface area contributed by atoms with Crippen molar-refractivity contribution in [3.63, 3.8) is 0 Å². The fraction of sp³-hybridized carbons (Fsp3) is 0.357. The minimum absolute atomic E-state index is 0.0327. The first-order valence-corrected chi connectivity index (χ1v) is 6.85. The van der Waals surface area contributed by atoms with Crippen molar-refractivity contribution in [2.24, 2.45) is 5.73 Å². The Morgan fingerprint density at radius 3 is 2.48 bits per heavy atom. The van der Waals surface area contributed by atoms with Crippen LogP contribution < -0.4 is 15.2 Å². The monoisotopic (exact) mass is 344 g/mol. The van der Waals surface area contributed by atoms with Crippen LogP contribution in [0.15, 0.2) is 12.1 Å². The Labute approximate surface area is 137 Å². The van der Waals surface area contributed by atoms with Crippen LogP contribution in [0.2, 0.25) is 5.02 Å². The molecule has 8 nitrogen and oxygen atoms in total. The summed E-state index contributed by atoms with van der Waals surface area (Å²) in [5.74, 6) is -2.20. The van der Waals surface area contributed by atoms with Gasteiger partial charge in [0.25, 0.3) is 11.8 Å². The van der Waals surface area contributed by atoms with Crippen molar-refractivity contribution in [3.8, 4) is 11.5 Å². The van der Waals surface area contributed by atoms with E-state index in [-0.39, 0.29) is 22.1 Å². The lowest BCUT2D eigenvalue weighted by Gasteiger charge is -2.22. The highest BCUT2D eigenvalue weighted by Gasteiger charge is 2.25. The number of likely N-dealkylation sites (N-methyl/N-ethyl adjacent to an activating group) is 1. The number of nitrogens with two attached hydrogens (primary N) is 1. The maximum absolute atomic E-state index is 12.3. The van der Waals surface area contributed by atoms with Crippen molar-refractivity contribution in [1.29, 1.82) is 0 Å². The van der Waals surface area contributed by atoms with Crippen LogP contribution in [0.5, 0.6) is 11.5 Å². The molecule has 0 spiro atoms. The number of hydrogen-bond acceptors (Lipinski definition) is 5. The van der Waals surface area contributed by atoms with Crippen LogP contribution in [-0.2, 0) is 9.59 Å². The number of nitrogens with zero attached hydrogens (tertiary/aromatic N) is 1. The van der Waals surface area contributed by atoms with E-state index < -0.39 is 30.4 Å². The molecule has 1 unspecified atom stereocenters. The molecule has 1 aromatic carbocycles. The molecule has 3 N–H and O–H groups in total. The lowest BCUT2D eigenvalue weighted by molar-refractivity contribution is -0.141. The molecule has 23 heavy (non-hydrogen) atoms. The molecule has 0 aliphatic carbocycles. The first-order valence-electron chi connectivity index (χ1n) is 6.47. The third-order valence-electron chi connectivity index (χ3n) is 3.09. The number of amides is 2. The molecule has 0 aliphatic rings. The van der Waals surface area contributed by atoms with Crippen molar-refractivity contribution in [3.05, 3.63) is 22.7 Å². The minimum atomic E-state index is -1.14. The van der Waals surface area contributed by atoms with Crippen molar-refractivity contribution < 1.29 is 29.0 Å². The molecule has 1 atom stereocenters. The van der Waals surface area contributed by atoms with Crippen LogP contribution in [-0.4, -0.2) is 54.6 Å². The molecule has 9 heteroatoms. The number of aliphatic carboxylic acids is 1. The van der Waals surface area contributed by atoms with Gasteiger partial charge in [-0.05, 0) is 19.1 Å². The molecule has 0 bridgehead atoms. The quantitative estimate of drug-likeness (QED) is 0.753. The highest BCUT2D eigenvalue weighted by atomic mass is 35.5. The molecule has 2 amide bonds. The number of carboxylic acid groups (broad SMARTS) is 1. The van der Waals surface area contributed by atoms with E-state index in [1.165, 1.54) is 33.2 Å². The number of rotatable bonds is 7. The second-order valence-electron chi connectivity index (χ2n) is 4.67. The SMILES string of the molecule is COc1cc(C(=O)N(C)C(C)C(=O)O)cc(Cl)c1OCC(N)=O. The largest absolute Gasteiger partial charge is 0.493 e. The molecule has 0 saturated heterocycles. The fourth-order valence-electron chi connectivity index (χ4n) is 1.67. The molecule has 126 valence electrons. The molecule has 1 aromatic rings. The second-order valence-corrected chi connectivity index (χ2v) is 5.08. The maximum atomic E-state index is 12.3. The van der Waals surface area contributed by atoms with Crippen LogP contribution in [0.4, 0.5) is 0 Å². The third-order valence-corrected chi connectivity index (χ3v) is 3.37. The summed E-state index contributed by atoms with van der Waals surface area (Å²) >= 11 is 6.04. The molecule has 0 aliphatic heterocycles. The van der Waals surface area contributed by atoms with E-state index in [4.69, 9.17) is 31.9 Å². The lowest BCUT2D eigenvalue weighted by atomic mass is 10.1. The number of primary amides is 1. The average molecular weight is 345 g/mol. The van der Waals surface area contributed by atoms with E-state index in [0.29, 0.717) is 0 Å². The summed E-state index contributed by atoms with van der Waals surface area (Å²) in [4.78, 5) is 35.1. The molecular formula is C14H17ClN2O6. The van der Waals surface area contributed by atoms with E-state index in [2.05, 4.69) is 0 Å². The number of hydrogen-bond donors (Lipinski definition) is 2. The topological polar surface area (TPSA) is 119 Å². The first kappa shape index (κ1) is 18.6. The van der Waals surface area contributed by atoms with E-state index in [1.54, 1.807) is 0 Å². The smallest absolute Gasteiger partial charge is 0.326 e. The van der Waals surface area contributed by atoms with Crippen molar-refractivity contribution in [2.75, 3.05) is 20.8 Å². The zero-order valence-corrected chi connectivity index (χ0v) is 13.6. The van der Waals surface area contributed by atoms with Gasteiger partial charge in [0.05, 0.1) is 12.1 Å². The number of carbonyl (C=O) groups is 3. The van der Waals surface area contributed by atoms with Gasteiger partial charge in [0, 0.05) is 12.6 Å². The van der Waals surface area contributed by atoms with Crippen molar-refractivity contribution >= 4 is 29.4 Å². The van der Waals surface area contributed by atoms with Crippen LogP contribution in [0, 0.1) is 0 Å². The Morgan fingerprint density at radius 2 is 2.00 bits per heavy atom. The summed E-state index contributed by atoms with van der Waals surface area (Å²) in [6, 6.07) is 1.63. The Bertz CT molecular complexity index is 634. The zero-order chi connectivity index (χ0) is 17.7. The third kappa shape index (κ3) is 4.49. The van der Waals surface area contributed by atoms with Gasteiger partial charge in [-0.25, -0.2) is 4.79 Å².